The van der Waals surface area contributed by atoms with Gasteiger partial charge in [0, 0.05) is 17.5 Å². The number of hydrogen-bond donors (Lipinski definition) is 1. The average molecular weight is 348 g/mol. The van der Waals surface area contributed by atoms with E-state index in [0.29, 0.717) is 5.13 Å². The first kappa shape index (κ1) is 16.0. The van der Waals surface area contributed by atoms with Gasteiger partial charge in [-0.05, 0) is 37.0 Å². The van der Waals surface area contributed by atoms with Gasteiger partial charge < -0.3 is 5.32 Å². The Labute approximate surface area is 151 Å². The lowest BCUT2D eigenvalue weighted by Crippen LogP contribution is -2.37. The maximum Gasteiger partial charge on any atom is 0.233 e. The van der Waals surface area contributed by atoms with Crippen molar-refractivity contribution in [2.45, 2.75) is 26.2 Å². The van der Waals surface area contributed by atoms with Gasteiger partial charge in [-0.25, -0.2) is 4.98 Å². The Balaban J connectivity index is 1.79. The summed E-state index contributed by atoms with van der Waals surface area (Å²) < 4.78 is 0. The van der Waals surface area contributed by atoms with Gasteiger partial charge in [-0.15, -0.1) is 11.3 Å². The van der Waals surface area contributed by atoms with E-state index in [0.717, 1.165) is 6.42 Å². The van der Waals surface area contributed by atoms with Crippen molar-refractivity contribution < 1.29 is 4.79 Å². The zero-order valence-electron chi connectivity index (χ0n) is 14.3. The van der Waals surface area contributed by atoms with Gasteiger partial charge in [0.1, 0.15) is 0 Å². The monoisotopic (exact) mass is 348 g/mol. The molecule has 1 N–H and O–H groups in total. The molecular formula is C21H20N2OS. The Morgan fingerprint density at radius 3 is 2.76 bits per heavy atom. The van der Waals surface area contributed by atoms with Gasteiger partial charge in [0.25, 0.3) is 0 Å². The highest BCUT2D eigenvalue weighted by Crippen LogP contribution is 2.51. The van der Waals surface area contributed by atoms with Crippen LogP contribution in [-0.4, -0.2) is 10.9 Å². The van der Waals surface area contributed by atoms with Gasteiger partial charge in [-0.1, -0.05) is 54.1 Å². The second kappa shape index (κ2) is 6.12. The fraction of sp³-hybridized carbons (Fsp3) is 0.238. The first-order valence-electron chi connectivity index (χ1n) is 8.43. The smallest absolute Gasteiger partial charge is 0.233 e. The summed E-state index contributed by atoms with van der Waals surface area (Å²) >= 11 is 1.45. The van der Waals surface area contributed by atoms with Crippen molar-refractivity contribution in [2.75, 3.05) is 5.32 Å². The molecule has 1 aromatic heterocycles. The third-order valence-electron chi connectivity index (χ3n) is 5.11. The lowest BCUT2D eigenvalue weighted by molar-refractivity contribution is -0.125. The minimum atomic E-state index is -0.539. The molecule has 1 heterocycles. The largest absolute Gasteiger partial charge is 0.301 e. The summed E-state index contributed by atoms with van der Waals surface area (Å²) in [5, 5.41) is 5.55. The molecule has 25 heavy (non-hydrogen) atoms. The number of nitrogens with zero attached hydrogens (tertiary/aromatic N) is 1. The van der Waals surface area contributed by atoms with Crippen molar-refractivity contribution in [1.29, 1.82) is 0 Å². The van der Waals surface area contributed by atoms with Crippen LogP contribution in [0.5, 0.6) is 0 Å². The molecule has 0 fully saturated rings. The highest BCUT2D eigenvalue weighted by atomic mass is 32.1. The molecule has 1 aliphatic rings. The van der Waals surface area contributed by atoms with Crippen LogP contribution >= 0.6 is 11.3 Å². The number of thiazole rings is 1. The minimum Gasteiger partial charge on any atom is -0.301 e. The van der Waals surface area contributed by atoms with Crippen LogP contribution in [0.4, 0.5) is 5.13 Å². The number of carbonyl (C=O) groups excluding carboxylic acids is 1. The van der Waals surface area contributed by atoms with E-state index >= 15 is 0 Å². The normalized spacial score (nSPS) is 21.8. The third kappa shape index (κ3) is 2.76. The summed E-state index contributed by atoms with van der Waals surface area (Å²) in [6, 6.07) is 16.9. The van der Waals surface area contributed by atoms with Gasteiger partial charge in [0.2, 0.25) is 5.91 Å². The van der Waals surface area contributed by atoms with E-state index in [1.165, 1.54) is 33.6 Å². The third-order valence-corrected chi connectivity index (χ3v) is 5.80. The highest BCUT2D eigenvalue weighted by Gasteiger charge is 2.48. The minimum absolute atomic E-state index is 0.0326. The SMILES string of the molecule is Cc1ccc2c(c1)[C@@H](c1ccccc1)[C@@](C)(C(=O)Nc1nccs1)C2. The molecule has 0 saturated carbocycles. The topological polar surface area (TPSA) is 42.0 Å². The molecule has 1 aliphatic carbocycles. The molecule has 0 radical (unpaired) electrons. The highest BCUT2D eigenvalue weighted by molar-refractivity contribution is 7.13. The number of nitrogens with one attached hydrogen (secondary N) is 1. The predicted octanol–water partition coefficient (Wildman–Crippen LogP) is 4.78. The summed E-state index contributed by atoms with van der Waals surface area (Å²) in [6.07, 6.45) is 2.45. The number of fused-ring (bicyclic) bond motifs is 1. The molecule has 3 nitrogen and oxygen atoms in total. The standard InChI is InChI=1S/C21H20N2OS/c1-14-8-9-16-13-21(2,19(24)23-20-22-10-11-25-20)18(17(16)12-14)15-6-4-3-5-7-15/h3-12,18H,13H2,1-2H3,(H,22,23,24)/t18-,21+/m1/s1. The van der Waals surface area contributed by atoms with Crippen molar-refractivity contribution in [2.24, 2.45) is 5.41 Å². The van der Waals surface area contributed by atoms with Crippen LogP contribution in [0.25, 0.3) is 0 Å². The molecular weight excluding hydrogens is 328 g/mol. The van der Waals surface area contributed by atoms with Crippen molar-refractivity contribution in [3.05, 3.63) is 82.4 Å². The Morgan fingerprint density at radius 1 is 1.24 bits per heavy atom. The van der Waals surface area contributed by atoms with E-state index in [-0.39, 0.29) is 11.8 Å². The summed E-state index contributed by atoms with van der Waals surface area (Å²) in [6.45, 7) is 4.18. The molecule has 0 aliphatic heterocycles. The summed E-state index contributed by atoms with van der Waals surface area (Å²) in [7, 11) is 0. The fourth-order valence-electron chi connectivity index (χ4n) is 3.91. The molecule has 4 heteroatoms. The van der Waals surface area contributed by atoms with E-state index in [1.54, 1.807) is 6.20 Å². The second-order valence-corrected chi connectivity index (χ2v) is 7.83. The van der Waals surface area contributed by atoms with Crippen LogP contribution in [0, 0.1) is 12.3 Å². The molecule has 1 amide bonds. The number of carbonyl (C=O) groups is 1. The van der Waals surface area contributed by atoms with Crippen LogP contribution in [0.2, 0.25) is 0 Å². The number of aryl methyl sites for hydroxylation is 1. The van der Waals surface area contributed by atoms with Crippen LogP contribution in [0.3, 0.4) is 0 Å². The van der Waals surface area contributed by atoms with Crippen LogP contribution in [-0.2, 0) is 11.2 Å². The molecule has 4 rings (SSSR count). The number of benzene rings is 2. The number of aromatic nitrogens is 1. The van der Waals surface area contributed by atoms with Gasteiger partial charge in [-0.2, -0.15) is 0 Å². The van der Waals surface area contributed by atoms with E-state index in [2.05, 4.69) is 54.5 Å². The Morgan fingerprint density at radius 2 is 2.04 bits per heavy atom. The predicted molar refractivity (Wildman–Crippen MR) is 102 cm³/mol. The quantitative estimate of drug-likeness (QED) is 0.740. The van der Waals surface area contributed by atoms with Crippen LogP contribution in [0.15, 0.2) is 60.1 Å². The molecule has 2 atom stereocenters. The summed E-state index contributed by atoms with van der Waals surface area (Å²) in [5.74, 6) is 0.0775. The number of hydrogen-bond acceptors (Lipinski definition) is 3. The average Bonchev–Trinajstić information content (AvgIpc) is 3.21. The van der Waals surface area contributed by atoms with Crippen molar-refractivity contribution in [1.82, 2.24) is 4.98 Å². The van der Waals surface area contributed by atoms with E-state index in [9.17, 15) is 4.79 Å². The number of rotatable bonds is 3. The maximum absolute atomic E-state index is 13.2. The number of anilines is 1. The molecule has 0 bridgehead atoms. The lowest BCUT2D eigenvalue weighted by Gasteiger charge is -2.31. The van der Waals surface area contributed by atoms with Crippen molar-refractivity contribution in [3.8, 4) is 0 Å². The van der Waals surface area contributed by atoms with E-state index in [4.69, 9.17) is 0 Å². The summed E-state index contributed by atoms with van der Waals surface area (Å²) in [4.78, 5) is 17.4. The second-order valence-electron chi connectivity index (χ2n) is 6.93. The molecule has 2 aromatic carbocycles. The molecule has 0 spiro atoms. The molecule has 3 aromatic rings. The molecule has 0 saturated heterocycles. The fourth-order valence-corrected chi connectivity index (χ4v) is 4.44. The van der Waals surface area contributed by atoms with Gasteiger partial charge in [0.15, 0.2) is 5.13 Å². The maximum atomic E-state index is 13.2. The lowest BCUT2D eigenvalue weighted by atomic mass is 9.73. The zero-order valence-corrected chi connectivity index (χ0v) is 15.1. The van der Waals surface area contributed by atoms with Crippen LogP contribution in [0.1, 0.15) is 35.1 Å². The first-order valence-corrected chi connectivity index (χ1v) is 9.31. The Kier molecular flexibility index (Phi) is 3.92. The summed E-state index contributed by atoms with van der Waals surface area (Å²) in [5.41, 5.74) is 4.40. The Hall–Kier alpha value is -2.46. The molecule has 126 valence electrons. The van der Waals surface area contributed by atoms with Crippen LogP contribution < -0.4 is 5.32 Å². The van der Waals surface area contributed by atoms with Crippen molar-refractivity contribution in [3.63, 3.8) is 0 Å². The van der Waals surface area contributed by atoms with Crippen molar-refractivity contribution >= 4 is 22.4 Å². The Bertz CT molecular complexity index is 905. The van der Waals surface area contributed by atoms with E-state index < -0.39 is 5.41 Å². The van der Waals surface area contributed by atoms with Gasteiger partial charge >= 0.3 is 0 Å². The first-order chi connectivity index (χ1) is 12.1. The number of amides is 1. The zero-order chi connectivity index (χ0) is 17.4. The van der Waals surface area contributed by atoms with Gasteiger partial charge in [0.05, 0.1) is 5.41 Å². The van der Waals surface area contributed by atoms with E-state index in [1.807, 2.05) is 23.6 Å². The molecule has 0 unspecified atom stereocenters. The van der Waals surface area contributed by atoms with Gasteiger partial charge in [-0.3, -0.25) is 4.79 Å².